The number of aromatic amines is 2. The van der Waals surface area contributed by atoms with E-state index in [9.17, 15) is 14.4 Å². The third-order valence-electron chi connectivity index (χ3n) is 3.99. The maximum absolute atomic E-state index is 12.4. The summed E-state index contributed by atoms with van der Waals surface area (Å²) >= 11 is 11.6. The van der Waals surface area contributed by atoms with Crippen molar-refractivity contribution in [2.24, 2.45) is 5.73 Å². The maximum Gasteiger partial charge on any atom is 0.268 e. The van der Waals surface area contributed by atoms with Crippen LogP contribution in [0.2, 0.25) is 10.2 Å². The second-order valence-electron chi connectivity index (χ2n) is 5.57. The molecule has 0 bridgehead atoms. The number of fused-ring (bicyclic) bond motifs is 1. The van der Waals surface area contributed by atoms with Gasteiger partial charge in [-0.05, 0) is 37.0 Å². The Morgan fingerprint density at radius 1 is 1.25 bits per heavy atom. The summed E-state index contributed by atoms with van der Waals surface area (Å²) in [5.41, 5.74) is 6.20. The lowest BCUT2D eigenvalue weighted by Crippen LogP contribution is -2.34. The Labute approximate surface area is 146 Å². The average Bonchev–Trinajstić information content (AvgIpc) is 2.86. The standard InChI is InChI=1S/C15H14Cl2N4O3/c16-8-5-11(19-12(8)17)15(24)21-10-3-1-2-9-6(10)4-7(13(18)22)14(23)20-9/h4-5,10,19H,1-3H2,(H2,18,22)(H,20,23)(H,21,24)/t10-/m1/s1. The summed E-state index contributed by atoms with van der Waals surface area (Å²) in [5.74, 6) is -1.19. The number of carbonyl (C=O) groups excluding carboxylic acids is 2. The van der Waals surface area contributed by atoms with Crippen molar-refractivity contribution in [3.8, 4) is 0 Å². The highest BCUT2D eigenvalue weighted by Gasteiger charge is 2.25. The van der Waals surface area contributed by atoms with Crippen LogP contribution in [0.4, 0.5) is 0 Å². The molecule has 1 atom stereocenters. The van der Waals surface area contributed by atoms with Gasteiger partial charge in [-0.2, -0.15) is 0 Å². The molecular formula is C15H14Cl2N4O3. The summed E-state index contributed by atoms with van der Waals surface area (Å²) < 4.78 is 0. The number of primary amides is 1. The Kier molecular flexibility index (Phi) is 4.38. The van der Waals surface area contributed by atoms with Crippen LogP contribution >= 0.6 is 23.2 Å². The predicted molar refractivity (Wildman–Crippen MR) is 89.5 cm³/mol. The van der Waals surface area contributed by atoms with Gasteiger partial charge in [0.15, 0.2) is 0 Å². The predicted octanol–water partition coefficient (Wildman–Crippen LogP) is 1.92. The van der Waals surface area contributed by atoms with Crippen molar-refractivity contribution in [1.29, 1.82) is 0 Å². The van der Waals surface area contributed by atoms with E-state index in [0.717, 1.165) is 6.42 Å². The van der Waals surface area contributed by atoms with Crippen LogP contribution in [-0.4, -0.2) is 21.8 Å². The SMILES string of the molecule is NC(=O)c1cc2c([nH]c1=O)CCC[C@H]2NC(=O)c1cc(Cl)c(Cl)[nH]1. The molecule has 7 nitrogen and oxygen atoms in total. The Bertz CT molecular complexity index is 868. The van der Waals surface area contributed by atoms with Gasteiger partial charge in [-0.15, -0.1) is 0 Å². The second kappa shape index (κ2) is 6.33. The molecule has 0 aromatic carbocycles. The van der Waals surface area contributed by atoms with Crippen molar-refractivity contribution in [1.82, 2.24) is 15.3 Å². The van der Waals surface area contributed by atoms with Gasteiger partial charge in [0.1, 0.15) is 16.4 Å². The van der Waals surface area contributed by atoms with Gasteiger partial charge in [-0.25, -0.2) is 0 Å². The topological polar surface area (TPSA) is 121 Å². The minimum atomic E-state index is -0.808. The van der Waals surface area contributed by atoms with E-state index in [2.05, 4.69) is 15.3 Å². The van der Waals surface area contributed by atoms with E-state index < -0.39 is 11.5 Å². The van der Waals surface area contributed by atoms with Gasteiger partial charge >= 0.3 is 0 Å². The summed E-state index contributed by atoms with van der Waals surface area (Å²) in [7, 11) is 0. The zero-order valence-corrected chi connectivity index (χ0v) is 13.9. The van der Waals surface area contributed by atoms with Crippen molar-refractivity contribution in [2.75, 3.05) is 0 Å². The van der Waals surface area contributed by atoms with Crippen LogP contribution in [0.1, 0.15) is 51.0 Å². The first-order valence-electron chi connectivity index (χ1n) is 7.27. The minimum Gasteiger partial charge on any atom is -0.365 e. The average molecular weight is 369 g/mol. The molecule has 9 heteroatoms. The molecular weight excluding hydrogens is 355 g/mol. The zero-order valence-electron chi connectivity index (χ0n) is 12.4. The van der Waals surface area contributed by atoms with Gasteiger partial charge in [0.2, 0.25) is 0 Å². The quantitative estimate of drug-likeness (QED) is 0.661. The van der Waals surface area contributed by atoms with Crippen LogP contribution in [0.15, 0.2) is 16.9 Å². The highest BCUT2D eigenvalue weighted by atomic mass is 35.5. The van der Waals surface area contributed by atoms with E-state index in [4.69, 9.17) is 28.9 Å². The van der Waals surface area contributed by atoms with E-state index in [0.29, 0.717) is 24.1 Å². The van der Waals surface area contributed by atoms with Gasteiger partial charge in [-0.1, -0.05) is 23.2 Å². The Morgan fingerprint density at radius 2 is 2.00 bits per heavy atom. The molecule has 0 aliphatic heterocycles. The first-order valence-corrected chi connectivity index (χ1v) is 8.03. The summed E-state index contributed by atoms with van der Waals surface area (Å²) in [6.45, 7) is 0. The van der Waals surface area contributed by atoms with E-state index in [1.165, 1.54) is 12.1 Å². The van der Waals surface area contributed by atoms with Crippen molar-refractivity contribution < 1.29 is 9.59 Å². The Balaban J connectivity index is 1.91. The molecule has 2 heterocycles. The summed E-state index contributed by atoms with van der Waals surface area (Å²) in [4.78, 5) is 40.9. The van der Waals surface area contributed by atoms with Gasteiger partial charge in [0, 0.05) is 5.69 Å². The molecule has 24 heavy (non-hydrogen) atoms. The highest BCUT2D eigenvalue weighted by Crippen LogP contribution is 2.29. The lowest BCUT2D eigenvalue weighted by atomic mass is 9.90. The molecule has 2 amide bonds. The fourth-order valence-corrected chi connectivity index (χ4v) is 3.15. The van der Waals surface area contributed by atoms with Crippen molar-refractivity contribution >= 4 is 35.0 Å². The first-order chi connectivity index (χ1) is 11.4. The van der Waals surface area contributed by atoms with Crippen molar-refractivity contribution in [2.45, 2.75) is 25.3 Å². The number of H-pyrrole nitrogens is 2. The van der Waals surface area contributed by atoms with Crippen LogP contribution in [0.5, 0.6) is 0 Å². The van der Waals surface area contributed by atoms with Gasteiger partial charge in [0.05, 0.1) is 11.1 Å². The molecule has 0 spiro atoms. The fourth-order valence-electron chi connectivity index (χ4n) is 2.84. The third-order valence-corrected chi connectivity index (χ3v) is 4.69. The summed E-state index contributed by atoms with van der Waals surface area (Å²) in [6.07, 6.45) is 2.12. The molecule has 1 aliphatic rings. The molecule has 0 radical (unpaired) electrons. The molecule has 0 unspecified atom stereocenters. The number of hydrogen-bond acceptors (Lipinski definition) is 3. The van der Waals surface area contributed by atoms with Gasteiger partial charge < -0.3 is 21.0 Å². The number of hydrogen-bond donors (Lipinski definition) is 4. The monoisotopic (exact) mass is 368 g/mol. The largest absolute Gasteiger partial charge is 0.365 e. The Hall–Kier alpha value is -2.25. The zero-order chi connectivity index (χ0) is 17.4. The van der Waals surface area contributed by atoms with Crippen LogP contribution < -0.4 is 16.6 Å². The van der Waals surface area contributed by atoms with Crippen molar-refractivity contribution in [3.63, 3.8) is 0 Å². The number of halogens is 2. The molecule has 5 N–H and O–H groups in total. The maximum atomic E-state index is 12.4. The van der Waals surface area contributed by atoms with Crippen LogP contribution in [0.25, 0.3) is 0 Å². The van der Waals surface area contributed by atoms with Crippen LogP contribution in [0, 0.1) is 0 Å². The highest BCUT2D eigenvalue weighted by molar-refractivity contribution is 6.41. The van der Waals surface area contributed by atoms with E-state index in [1.807, 2.05) is 0 Å². The number of aromatic nitrogens is 2. The minimum absolute atomic E-state index is 0.124. The molecule has 126 valence electrons. The number of rotatable bonds is 3. The lowest BCUT2D eigenvalue weighted by Gasteiger charge is -2.26. The number of aryl methyl sites for hydroxylation is 1. The van der Waals surface area contributed by atoms with E-state index in [1.54, 1.807) is 0 Å². The van der Waals surface area contributed by atoms with E-state index >= 15 is 0 Å². The molecule has 0 saturated carbocycles. The van der Waals surface area contributed by atoms with Crippen LogP contribution in [0.3, 0.4) is 0 Å². The smallest absolute Gasteiger partial charge is 0.268 e. The number of nitrogens with two attached hydrogens (primary N) is 1. The molecule has 0 saturated heterocycles. The van der Waals surface area contributed by atoms with Crippen LogP contribution in [-0.2, 0) is 6.42 Å². The van der Waals surface area contributed by atoms with Crippen molar-refractivity contribution in [3.05, 3.63) is 55.2 Å². The lowest BCUT2D eigenvalue weighted by molar-refractivity contribution is 0.0928. The van der Waals surface area contributed by atoms with Gasteiger partial charge in [-0.3, -0.25) is 14.4 Å². The molecule has 1 aliphatic carbocycles. The fraction of sp³-hybridized carbons (Fsp3) is 0.267. The normalized spacial score (nSPS) is 16.5. The first kappa shape index (κ1) is 16.6. The third kappa shape index (κ3) is 3.05. The summed E-state index contributed by atoms with van der Waals surface area (Å²) in [6, 6.07) is 2.54. The second-order valence-corrected chi connectivity index (χ2v) is 6.36. The van der Waals surface area contributed by atoms with Gasteiger partial charge in [0.25, 0.3) is 17.4 Å². The number of amides is 2. The number of carbonyl (C=O) groups is 2. The number of pyridine rings is 1. The molecule has 2 aromatic rings. The summed E-state index contributed by atoms with van der Waals surface area (Å²) in [5, 5.41) is 3.30. The molecule has 0 fully saturated rings. The van der Waals surface area contributed by atoms with E-state index in [-0.39, 0.29) is 33.4 Å². The Morgan fingerprint density at radius 3 is 2.62 bits per heavy atom. The molecule has 2 aromatic heterocycles. The molecule has 3 rings (SSSR count). The number of nitrogens with one attached hydrogen (secondary N) is 3.